The molecule has 0 unspecified atom stereocenters. The van der Waals surface area contributed by atoms with Crippen LogP contribution < -0.4 is 0 Å². The van der Waals surface area contributed by atoms with Gasteiger partial charge in [-0.05, 0) is 30.7 Å². The summed E-state index contributed by atoms with van der Waals surface area (Å²) in [5.41, 5.74) is 2.90. The molecule has 0 aliphatic rings. The summed E-state index contributed by atoms with van der Waals surface area (Å²) in [4.78, 5) is 4.20. The number of hydrogen-bond acceptors (Lipinski definition) is 3. The zero-order valence-electron chi connectivity index (χ0n) is 12.8. The van der Waals surface area contributed by atoms with Gasteiger partial charge in [-0.3, -0.25) is 4.98 Å². The normalized spacial score (nSPS) is 12.1. The molecule has 1 aromatic carbocycles. The van der Waals surface area contributed by atoms with Crippen LogP contribution in [0.4, 0.5) is 0 Å². The van der Waals surface area contributed by atoms with Gasteiger partial charge in [0.1, 0.15) is 0 Å². The van der Waals surface area contributed by atoms with E-state index in [9.17, 15) is 8.42 Å². The second-order valence-corrected chi connectivity index (χ2v) is 7.08. The maximum atomic E-state index is 12.2. The fraction of sp³-hybridized carbons (Fsp3) is 0.235. The Morgan fingerprint density at radius 2 is 1.86 bits per heavy atom. The Morgan fingerprint density at radius 3 is 2.50 bits per heavy atom. The molecule has 0 atom stereocenters. The first-order chi connectivity index (χ1) is 10.5. The topological polar surface area (TPSA) is 50.3 Å². The lowest BCUT2D eigenvalue weighted by molar-refractivity contribution is 0.479. The van der Waals surface area contributed by atoms with Gasteiger partial charge in [0.25, 0.3) is 0 Å². The van der Waals surface area contributed by atoms with Crippen LogP contribution in [-0.2, 0) is 16.4 Å². The predicted octanol–water partition coefficient (Wildman–Crippen LogP) is 2.87. The van der Waals surface area contributed by atoms with E-state index >= 15 is 0 Å². The van der Waals surface area contributed by atoms with Crippen molar-refractivity contribution in [1.82, 2.24) is 9.29 Å². The van der Waals surface area contributed by atoms with Crippen LogP contribution in [-0.4, -0.2) is 31.3 Å². The Balaban J connectivity index is 1.98. The van der Waals surface area contributed by atoms with Crippen molar-refractivity contribution in [3.63, 3.8) is 0 Å². The summed E-state index contributed by atoms with van der Waals surface area (Å²) in [6.45, 7) is 2.40. The van der Waals surface area contributed by atoms with Crippen molar-refractivity contribution >= 4 is 16.1 Å². The number of sulfonamides is 1. The average molecular weight is 316 g/mol. The van der Waals surface area contributed by atoms with Gasteiger partial charge in [-0.25, -0.2) is 12.7 Å². The lowest BCUT2D eigenvalue weighted by atomic mass is 10.2. The zero-order chi connectivity index (χ0) is 16.0. The van der Waals surface area contributed by atoms with E-state index in [2.05, 4.69) is 4.98 Å². The summed E-state index contributed by atoms with van der Waals surface area (Å²) in [5, 5.41) is 1.25. The van der Waals surface area contributed by atoms with Crippen LogP contribution in [0.1, 0.15) is 16.8 Å². The smallest absolute Gasteiger partial charge is 0.235 e. The third-order valence-corrected chi connectivity index (χ3v) is 4.88. The van der Waals surface area contributed by atoms with Crippen LogP contribution in [0.25, 0.3) is 6.08 Å². The molecule has 22 heavy (non-hydrogen) atoms. The van der Waals surface area contributed by atoms with E-state index in [-0.39, 0.29) is 0 Å². The molecule has 0 bridgehead atoms. The standard InChI is InChI=1S/C17H20N2O2S/c1-15-6-8-16(9-7-15)11-14-22(20,21)19(2)13-10-17-5-3-4-12-18-17/h3-9,11-12,14H,10,13H2,1-2H3/b14-11+. The molecular formula is C17H20N2O2S. The molecule has 0 amide bonds. The molecule has 0 saturated heterocycles. The quantitative estimate of drug-likeness (QED) is 0.823. The monoisotopic (exact) mass is 316 g/mol. The van der Waals surface area contributed by atoms with Crippen LogP contribution in [0.15, 0.2) is 54.1 Å². The fourth-order valence-corrected chi connectivity index (χ4v) is 2.77. The van der Waals surface area contributed by atoms with Gasteiger partial charge in [-0.1, -0.05) is 35.9 Å². The molecule has 0 saturated carbocycles. The van der Waals surface area contributed by atoms with Crippen LogP contribution in [0.2, 0.25) is 0 Å². The summed E-state index contributed by atoms with van der Waals surface area (Å²) in [5.74, 6) is 0. The molecule has 116 valence electrons. The maximum Gasteiger partial charge on any atom is 0.235 e. The summed E-state index contributed by atoms with van der Waals surface area (Å²) < 4.78 is 25.8. The predicted molar refractivity (Wildman–Crippen MR) is 89.7 cm³/mol. The second kappa shape index (κ2) is 7.33. The second-order valence-electron chi connectivity index (χ2n) is 5.15. The average Bonchev–Trinajstić information content (AvgIpc) is 2.53. The van der Waals surface area contributed by atoms with Gasteiger partial charge in [-0.2, -0.15) is 0 Å². The van der Waals surface area contributed by atoms with Gasteiger partial charge in [0.2, 0.25) is 10.0 Å². The van der Waals surface area contributed by atoms with Crippen molar-refractivity contribution in [1.29, 1.82) is 0 Å². The Labute approximate surface area is 132 Å². The van der Waals surface area contributed by atoms with E-state index in [1.807, 2.05) is 49.4 Å². The van der Waals surface area contributed by atoms with Gasteiger partial charge in [0.05, 0.1) is 0 Å². The van der Waals surface area contributed by atoms with E-state index in [0.29, 0.717) is 13.0 Å². The van der Waals surface area contributed by atoms with Crippen LogP contribution in [0.5, 0.6) is 0 Å². The summed E-state index contributed by atoms with van der Waals surface area (Å²) in [6.07, 6.45) is 3.92. The van der Waals surface area contributed by atoms with Crippen molar-refractivity contribution in [3.8, 4) is 0 Å². The molecular weight excluding hydrogens is 296 g/mol. The molecule has 1 heterocycles. The minimum Gasteiger partial charge on any atom is -0.261 e. The summed E-state index contributed by atoms with van der Waals surface area (Å²) in [7, 11) is -1.83. The highest BCUT2D eigenvalue weighted by Crippen LogP contribution is 2.09. The minimum atomic E-state index is -3.41. The lowest BCUT2D eigenvalue weighted by Gasteiger charge is -2.14. The number of likely N-dealkylation sites (N-methyl/N-ethyl adjacent to an activating group) is 1. The number of aromatic nitrogens is 1. The van der Waals surface area contributed by atoms with E-state index in [0.717, 1.165) is 16.8 Å². The highest BCUT2D eigenvalue weighted by molar-refractivity contribution is 7.92. The molecule has 4 nitrogen and oxygen atoms in total. The van der Waals surface area contributed by atoms with Crippen LogP contribution in [0, 0.1) is 6.92 Å². The molecule has 2 rings (SSSR count). The first kappa shape index (κ1) is 16.4. The third kappa shape index (κ3) is 4.79. The van der Waals surface area contributed by atoms with Gasteiger partial charge < -0.3 is 0 Å². The Morgan fingerprint density at radius 1 is 1.14 bits per heavy atom. The third-order valence-electron chi connectivity index (χ3n) is 3.35. The highest BCUT2D eigenvalue weighted by atomic mass is 32.2. The van der Waals surface area contributed by atoms with Crippen molar-refractivity contribution in [2.24, 2.45) is 0 Å². The number of hydrogen-bond donors (Lipinski definition) is 0. The van der Waals surface area contributed by atoms with Crippen LogP contribution in [0.3, 0.4) is 0 Å². The molecule has 0 radical (unpaired) electrons. The SMILES string of the molecule is Cc1ccc(/C=C/S(=O)(=O)N(C)CCc2ccccn2)cc1. The highest BCUT2D eigenvalue weighted by Gasteiger charge is 2.13. The molecule has 0 N–H and O–H groups in total. The Kier molecular flexibility index (Phi) is 5.46. The lowest BCUT2D eigenvalue weighted by Crippen LogP contribution is -2.27. The van der Waals surface area contributed by atoms with Crippen molar-refractivity contribution in [2.75, 3.05) is 13.6 Å². The number of rotatable bonds is 6. The molecule has 2 aromatic rings. The number of nitrogens with zero attached hydrogens (tertiary/aromatic N) is 2. The van der Waals surface area contributed by atoms with Gasteiger partial charge >= 0.3 is 0 Å². The summed E-state index contributed by atoms with van der Waals surface area (Å²) >= 11 is 0. The maximum absolute atomic E-state index is 12.2. The number of benzene rings is 1. The first-order valence-corrected chi connectivity index (χ1v) is 8.59. The van der Waals surface area contributed by atoms with Gasteiger partial charge in [-0.15, -0.1) is 0 Å². The Hall–Kier alpha value is -1.98. The molecule has 1 aromatic heterocycles. The summed E-state index contributed by atoms with van der Waals surface area (Å²) in [6, 6.07) is 13.3. The number of aryl methyl sites for hydroxylation is 1. The molecule has 0 aliphatic carbocycles. The van der Waals surface area contributed by atoms with E-state index in [1.165, 1.54) is 9.71 Å². The van der Waals surface area contributed by atoms with Crippen molar-refractivity contribution in [2.45, 2.75) is 13.3 Å². The molecule has 0 fully saturated rings. The van der Waals surface area contributed by atoms with Gasteiger partial charge in [0.15, 0.2) is 0 Å². The molecule has 5 heteroatoms. The minimum absolute atomic E-state index is 0.400. The van der Waals surface area contributed by atoms with E-state index in [1.54, 1.807) is 19.3 Å². The largest absolute Gasteiger partial charge is 0.261 e. The van der Waals surface area contributed by atoms with Crippen molar-refractivity contribution in [3.05, 3.63) is 70.9 Å². The van der Waals surface area contributed by atoms with Crippen molar-refractivity contribution < 1.29 is 8.42 Å². The van der Waals surface area contributed by atoms with E-state index in [4.69, 9.17) is 0 Å². The molecule has 0 aliphatic heterocycles. The Bertz CT molecular complexity index is 723. The molecule has 0 spiro atoms. The zero-order valence-corrected chi connectivity index (χ0v) is 13.6. The van der Waals surface area contributed by atoms with E-state index < -0.39 is 10.0 Å². The van der Waals surface area contributed by atoms with Crippen LogP contribution >= 0.6 is 0 Å². The number of pyridine rings is 1. The fourth-order valence-electron chi connectivity index (χ4n) is 1.89. The first-order valence-electron chi connectivity index (χ1n) is 7.08. The van der Waals surface area contributed by atoms with Gasteiger partial charge in [0, 0.05) is 37.3 Å².